The number of thioether (sulfide) groups is 1. The molecule has 0 aromatic heterocycles. The Kier molecular flexibility index (Phi) is 6.52. The van der Waals surface area contributed by atoms with Gasteiger partial charge in [0.05, 0.1) is 5.69 Å². The van der Waals surface area contributed by atoms with E-state index in [0.717, 1.165) is 0 Å². The van der Waals surface area contributed by atoms with E-state index in [4.69, 9.17) is 4.74 Å². The van der Waals surface area contributed by atoms with Crippen LogP contribution in [0.5, 0.6) is 5.75 Å². The molecule has 132 valence electrons. The molecular formula is C18H17F2NO3S. The Labute approximate surface area is 148 Å². The van der Waals surface area contributed by atoms with Gasteiger partial charge in [-0.2, -0.15) is 8.78 Å². The van der Waals surface area contributed by atoms with Crippen LogP contribution in [-0.4, -0.2) is 23.6 Å². The van der Waals surface area contributed by atoms with E-state index in [1.807, 2.05) is 0 Å². The summed E-state index contributed by atoms with van der Waals surface area (Å²) in [6, 6.07) is 12.8. The fourth-order valence-corrected chi connectivity index (χ4v) is 2.64. The van der Waals surface area contributed by atoms with Crippen LogP contribution in [0.25, 0.3) is 0 Å². The van der Waals surface area contributed by atoms with Gasteiger partial charge in [0, 0.05) is 10.5 Å². The number of Topliss-reactive ketones (excluding diaryl/α,β-unsaturated/α-hetero) is 1. The smallest absolute Gasteiger partial charge is 0.288 e. The van der Waals surface area contributed by atoms with Gasteiger partial charge in [-0.15, -0.1) is 0 Å². The number of hydrogen-bond acceptors (Lipinski definition) is 4. The third-order valence-corrected chi connectivity index (χ3v) is 4.07. The van der Waals surface area contributed by atoms with Gasteiger partial charge in [-0.1, -0.05) is 36.0 Å². The molecule has 1 unspecified atom stereocenters. The second-order valence-electron chi connectivity index (χ2n) is 5.21. The fraction of sp³-hybridized carbons (Fsp3) is 0.222. The van der Waals surface area contributed by atoms with Crippen molar-refractivity contribution in [3.63, 3.8) is 0 Å². The number of hydrogen-bond donors (Lipinski definition) is 1. The number of ketones is 1. The average molecular weight is 365 g/mol. The second kappa shape index (κ2) is 8.62. The highest BCUT2D eigenvalue weighted by molar-refractivity contribution is 7.99. The number of carbonyl (C=O) groups excluding carboxylic acids is 2. The molecule has 2 aromatic rings. The van der Waals surface area contributed by atoms with E-state index in [9.17, 15) is 18.4 Å². The van der Waals surface area contributed by atoms with Crippen LogP contribution in [0.3, 0.4) is 0 Å². The maximum Gasteiger partial charge on any atom is 0.288 e. The molecule has 0 aliphatic rings. The maximum absolute atomic E-state index is 12.6. The van der Waals surface area contributed by atoms with Crippen molar-refractivity contribution in [1.29, 1.82) is 0 Å². The monoisotopic (exact) mass is 365 g/mol. The van der Waals surface area contributed by atoms with Gasteiger partial charge >= 0.3 is 0 Å². The lowest BCUT2D eigenvalue weighted by atomic mass is 10.1. The molecule has 0 saturated carbocycles. The minimum absolute atomic E-state index is 0.111. The Morgan fingerprint density at radius 1 is 1.12 bits per heavy atom. The average Bonchev–Trinajstić information content (AvgIpc) is 2.56. The van der Waals surface area contributed by atoms with Crippen LogP contribution >= 0.6 is 11.8 Å². The predicted molar refractivity (Wildman–Crippen MR) is 93.5 cm³/mol. The fourth-order valence-electron chi connectivity index (χ4n) is 2.05. The molecule has 7 heteroatoms. The number of anilines is 1. The van der Waals surface area contributed by atoms with Gasteiger partial charge in [-0.25, -0.2) is 0 Å². The van der Waals surface area contributed by atoms with E-state index in [-0.39, 0.29) is 10.7 Å². The van der Waals surface area contributed by atoms with Crippen LogP contribution in [0.15, 0.2) is 53.4 Å². The molecule has 0 spiro atoms. The first-order chi connectivity index (χ1) is 11.9. The molecule has 1 atom stereocenters. The predicted octanol–water partition coefficient (Wildman–Crippen LogP) is 4.61. The standard InChI is InChI=1S/C18H17F2NO3S/c1-11(22)13-6-5-7-14(10-13)24-12(2)17(23)21-15-8-3-4-9-16(15)25-18(19)20/h3-10,12,18H,1-2H3,(H,21,23). The van der Waals surface area contributed by atoms with Crippen molar-refractivity contribution in [3.05, 3.63) is 54.1 Å². The molecule has 0 aliphatic heterocycles. The molecule has 0 saturated heterocycles. The zero-order valence-corrected chi connectivity index (χ0v) is 14.5. The number of para-hydroxylation sites is 1. The second-order valence-corrected chi connectivity index (χ2v) is 6.24. The van der Waals surface area contributed by atoms with Crippen LogP contribution in [0.4, 0.5) is 14.5 Å². The molecule has 1 N–H and O–H groups in total. The molecule has 25 heavy (non-hydrogen) atoms. The summed E-state index contributed by atoms with van der Waals surface area (Å²) < 4.78 is 30.7. The first kappa shape index (κ1) is 18.9. The maximum atomic E-state index is 12.6. The minimum atomic E-state index is -2.58. The number of amides is 1. The Bertz CT molecular complexity index is 767. The van der Waals surface area contributed by atoms with Crippen molar-refractivity contribution < 1.29 is 23.1 Å². The molecule has 1 amide bonds. The number of ether oxygens (including phenoxy) is 1. The summed E-state index contributed by atoms with van der Waals surface area (Å²) in [6.45, 7) is 2.98. The third kappa shape index (κ3) is 5.56. The third-order valence-electron chi connectivity index (χ3n) is 3.28. The van der Waals surface area contributed by atoms with Crippen molar-refractivity contribution in [1.82, 2.24) is 0 Å². The quantitative estimate of drug-likeness (QED) is 0.575. The Morgan fingerprint density at radius 2 is 1.84 bits per heavy atom. The van der Waals surface area contributed by atoms with E-state index in [0.29, 0.717) is 28.8 Å². The topological polar surface area (TPSA) is 55.4 Å². The van der Waals surface area contributed by atoms with E-state index < -0.39 is 17.8 Å². The lowest BCUT2D eigenvalue weighted by molar-refractivity contribution is -0.122. The zero-order chi connectivity index (χ0) is 18.4. The van der Waals surface area contributed by atoms with Crippen LogP contribution in [0.2, 0.25) is 0 Å². The number of benzene rings is 2. The highest BCUT2D eigenvalue weighted by Gasteiger charge is 2.18. The van der Waals surface area contributed by atoms with Gasteiger partial charge in [0.2, 0.25) is 0 Å². The molecule has 0 fully saturated rings. The summed E-state index contributed by atoms with van der Waals surface area (Å²) in [5, 5.41) is 2.59. The Morgan fingerprint density at radius 3 is 2.52 bits per heavy atom. The molecule has 2 aromatic carbocycles. The summed E-state index contributed by atoms with van der Waals surface area (Å²) in [5.74, 6) is -2.79. The zero-order valence-electron chi connectivity index (χ0n) is 13.7. The molecule has 0 heterocycles. The SMILES string of the molecule is CC(=O)c1cccc(OC(C)C(=O)Nc2ccccc2SC(F)F)c1. The number of carbonyl (C=O) groups is 2. The van der Waals surface area contributed by atoms with Crippen molar-refractivity contribution in [3.8, 4) is 5.75 Å². The van der Waals surface area contributed by atoms with Crippen molar-refractivity contribution in [2.75, 3.05) is 5.32 Å². The van der Waals surface area contributed by atoms with Gasteiger partial charge in [0.25, 0.3) is 11.7 Å². The van der Waals surface area contributed by atoms with E-state index in [2.05, 4.69) is 5.32 Å². The minimum Gasteiger partial charge on any atom is -0.481 e. The Balaban J connectivity index is 2.06. The normalized spacial score (nSPS) is 11.9. The van der Waals surface area contributed by atoms with Gasteiger partial charge in [0.1, 0.15) is 5.75 Å². The van der Waals surface area contributed by atoms with Crippen LogP contribution in [-0.2, 0) is 4.79 Å². The highest BCUT2D eigenvalue weighted by Crippen LogP contribution is 2.31. The van der Waals surface area contributed by atoms with Crippen molar-refractivity contribution >= 4 is 29.1 Å². The Hall–Kier alpha value is -2.41. The first-order valence-electron chi connectivity index (χ1n) is 7.49. The lowest BCUT2D eigenvalue weighted by Gasteiger charge is -2.16. The molecule has 2 rings (SSSR count). The number of alkyl halides is 2. The molecule has 0 aliphatic carbocycles. The van der Waals surface area contributed by atoms with E-state index in [1.54, 1.807) is 49.4 Å². The van der Waals surface area contributed by atoms with Crippen LogP contribution in [0.1, 0.15) is 24.2 Å². The van der Waals surface area contributed by atoms with Gasteiger partial charge in [-0.3, -0.25) is 9.59 Å². The summed E-state index contributed by atoms with van der Waals surface area (Å²) in [6.07, 6.45) is -0.869. The summed E-state index contributed by atoms with van der Waals surface area (Å²) >= 11 is 0.362. The van der Waals surface area contributed by atoms with Gasteiger partial charge in [0.15, 0.2) is 11.9 Å². The summed E-state index contributed by atoms with van der Waals surface area (Å²) in [7, 11) is 0. The lowest BCUT2D eigenvalue weighted by Crippen LogP contribution is -2.30. The van der Waals surface area contributed by atoms with Crippen LogP contribution < -0.4 is 10.1 Å². The van der Waals surface area contributed by atoms with Gasteiger partial charge < -0.3 is 10.1 Å². The van der Waals surface area contributed by atoms with Crippen LogP contribution in [0, 0.1) is 0 Å². The highest BCUT2D eigenvalue weighted by atomic mass is 32.2. The van der Waals surface area contributed by atoms with E-state index in [1.165, 1.54) is 13.0 Å². The number of halogens is 2. The molecule has 0 bridgehead atoms. The van der Waals surface area contributed by atoms with Crippen molar-refractivity contribution in [2.24, 2.45) is 0 Å². The number of rotatable bonds is 7. The van der Waals surface area contributed by atoms with E-state index >= 15 is 0 Å². The number of nitrogens with one attached hydrogen (secondary N) is 1. The first-order valence-corrected chi connectivity index (χ1v) is 8.37. The molecular weight excluding hydrogens is 348 g/mol. The molecule has 4 nitrogen and oxygen atoms in total. The summed E-state index contributed by atoms with van der Waals surface area (Å²) in [4.78, 5) is 23.9. The van der Waals surface area contributed by atoms with Crippen molar-refractivity contribution in [2.45, 2.75) is 30.6 Å². The molecule has 0 radical (unpaired) electrons. The largest absolute Gasteiger partial charge is 0.481 e. The summed E-state index contributed by atoms with van der Waals surface area (Å²) in [5.41, 5.74) is 0.773. The van der Waals surface area contributed by atoms with Gasteiger partial charge in [-0.05, 0) is 38.1 Å².